The Kier molecular flexibility index (Phi) is 2.80. The number of hydrogen-bond donors (Lipinski definition) is 1. The van der Waals surface area contributed by atoms with Gasteiger partial charge in [0.2, 0.25) is 5.89 Å². The first-order valence-electron chi connectivity index (χ1n) is 5.68. The first-order chi connectivity index (χ1) is 9.19. The fraction of sp³-hybridized carbons (Fsp3) is 0.0714. The smallest absolute Gasteiger partial charge is 0.227 e. The van der Waals surface area contributed by atoms with Gasteiger partial charge in [-0.2, -0.15) is 0 Å². The zero-order valence-corrected chi connectivity index (χ0v) is 10.9. The summed E-state index contributed by atoms with van der Waals surface area (Å²) in [4.78, 5) is 4.40. The van der Waals surface area contributed by atoms with Gasteiger partial charge in [0.05, 0.1) is 17.8 Å². The van der Waals surface area contributed by atoms with Crippen LogP contribution in [0, 0.1) is 0 Å². The van der Waals surface area contributed by atoms with Gasteiger partial charge in [0, 0.05) is 5.56 Å². The normalized spacial score (nSPS) is 10.8. The predicted molar refractivity (Wildman–Crippen MR) is 75.4 cm³/mol. The van der Waals surface area contributed by atoms with E-state index >= 15 is 0 Å². The summed E-state index contributed by atoms with van der Waals surface area (Å²) >= 11 is 6.11. The number of nitrogens with zero attached hydrogens (tertiary/aromatic N) is 1. The van der Waals surface area contributed by atoms with Crippen LogP contribution in [0.4, 0.5) is 5.69 Å². The topological polar surface area (TPSA) is 61.3 Å². The van der Waals surface area contributed by atoms with Crippen molar-refractivity contribution in [2.45, 2.75) is 0 Å². The second kappa shape index (κ2) is 4.48. The van der Waals surface area contributed by atoms with Crippen molar-refractivity contribution < 1.29 is 9.15 Å². The lowest BCUT2D eigenvalue weighted by Crippen LogP contribution is -1.94. The summed E-state index contributed by atoms with van der Waals surface area (Å²) in [6.07, 6.45) is 0. The number of nitrogens with two attached hydrogens (primary N) is 1. The number of halogens is 1. The van der Waals surface area contributed by atoms with Crippen molar-refractivity contribution in [2.75, 3.05) is 12.8 Å². The monoisotopic (exact) mass is 274 g/mol. The molecule has 0 aliphatic heterocycles. The summed E-state index contributed by atoms with van der Waals surface area (Å²) in [6, 6.07) is 11.0. The molecule has 0 aliphatic carbocycles. The fourth-order valence-corrected chi connectivity index (χ4v) is 2.25. The van der Waals surface area contributed by atoms with Gasteiger partial charge in [-0.25, -0.2) is 4.98 Å². The number of fused-ring (bicyclic) bond motifs is 1. The summed E-state index contributed by atoms with van der Waals surface area (Å²) in [5.74, 6) is 0.944. The molecule has 0 radical (unpaired) electrons. The Morgan fingerprint density at radius 3 is 2.74 bits per heavy atom. The third-order valence-electron chi connectivity index (χ3n) is 2.82. The van der Waals surface area contributed by atoms with Gasteiger partial charge in [-0.3, -0.25) is 0 Å². The number of para-hydroxylation sites is 2. The van der Waals surface area contributed by atoms with E-state index in [1.165, 1.54) is 7.11 Å². The minimum atomic E-state index is 0.430. The Bertz CT molecular complexity index is 696. The third kappa shape index (κ3) is 2.00. The van der Waals surface area contributed by atoms with E-state index < -0.39 is 0 Å². The lowest BCUT2D eigenvalue weighted by atomic mass is 10.2. The molecular weight excluding hydrogens is 264 g/mol. The van der Waals surface area contributed by atoms with E-state index in [2.05, 4.69) is 4.98 Å². The first-order valence-corrected chi connectivity index (χ1v) is 6.06. The lowest BCUT2D eigenvalue weighted by Gasteiger charge is -2.07. The average Bonchev–Trinajstić information content (AvgIpc) is 2.82. The number of ether oxygens (including phenoxy) is 1. The van der Waals surface area contributed by atoms with Gasteiger partial charge in [-0.1, -0.05) is 23.7 Å². The van der Waals surface area contributed by atoms with Gasteiger partial charge in [-0.05, 0) is 24.3 Å². The summed E-state index contributed by atoms with van der Waals surface area (Å²) in [5.41, 5.74) is 8.58. The van der Waals surface area contributed by atoms with E-state index in [-0.39, 0.29) is 0 Å². The quantitative estimate of drug-likeness (QED) is 0.723. The van der Waals surface area contributed by atoms with Gasteiger partial charge >= 0.3 is 0 Å². The van der Waals surface area contributed by atoms with E-state index in [1.807, 2.05) is 24.3 Å². The van der Waals surface area contributed by atoms with Crippen molar-refractivity contribution in [2.24, 2.45) is 0 Å². The third-order valence-corrected chi connectivity index (χ3v) is 3.10. The molecular formula is C14H11ClN2O2. The molecule has 0 unspecified atom stereocenters. The number of anilines is 1. The van der Waals surface area contributed by atoms with Crippen LogP contribution in [0.5, 0.6) is 5.75 Å². The van der Waals surface area contributed by atoms with Crippen molar-refractivity contribution in [3.63, 3.8) is 0 Å². The van der Waals surface area contributed by atoms with Crippen LogP contribution in [0.15, 0.2) is 40.8 Å². The van der Waals surface area contributed by atoms with Crippen molar-refractivity contribution in [3.8, 4) is 17.2 Å². The molecule has 0 bridgehead atoms. The standard InChI is InChI=1S/C14H11ClN2O2/c1-18-13-9(15)6-8(7-10(13)16)14-17-11-4-2-3-5-12(11)19-14/h2-7H,16H2,1H3. The minimum Gasteiger partial charge on any atom is -0.493 e. The van der Waals surface area contributed by atoms with E-state index in [4.69, 9.17) is 26.5 Å². The fourth-order valence-electron chi connectivity index (χ4n) is 1.95. The number of oxazole rings is 1. The number of hydrogen-bond acceptors (Lipinski definition) is 4. The Balaban J connectivity index is 2.16. The molecule has 2 aromatic carbocycles. The van der Waals surface area contributed by atoms with Crippen LogP contribution in [0.1, 0.15) is 0 Å². The van der Waals surface area contributed by atoms with Crippen LogP contribution in [0.25, 0.3) is 22.6 Å². The largest absolute Gasteiger partial charge is 0.493 e. The molecule has 0 amide bonds. The molecule has 1 aromatic heterocycles. The number of nitrogen functional groups attached to an aromatic ring is 1. The second-order valence-electron chi connectivity index (χ2n) is 4.07. The molecule has 5 heteroatoms. The molecule has 4 nitrogen and oxygen atoms in total. The van der Waals surface area contributed by atoms with E-state index in [9.17, 15) is 0 Å². The van der Waals surface area contributed by atoms with Crippen molar-refractivity contribution in [1.82, 2.24) is 4.98 Å². The lowest BCUT2D eigenvalue weighted by molar-refractivity contribution is 0.417. The summed E-state index contributed by atoms with van der Waals surface area (Å²) in [5, 5.41) is 0.430. The highest BCUT2D eigenvalue weighted by atomic mass is 35.5. The highest BCUT2D eigenvalue weighted by Crippen LogP contribution is 2.36. The Morgan fingerprint density at radius 1 is 1.26 bits per heavy atom. The minimum absolute atomic E-state index is 0.430. The Labute approximate surface area is 114 Å². The van der Waals surface area contributed by atoms with Crippen molar-refractivity contribution in [1.29, 1.82) is 0 Å². The highest BCUT2D eigenvalue weighted by Gasteiger charge is 2.13. The van der Waals surface area contributed by atoms with Crippen LogP contribution < -0.4 is 10.5 Å². The summed E-state index contributed by atoms with van der Waals surface area (Å²) in [6.45, 7) is 0. The highest BCUT2D eigenvalue weighted by molar-refractivity contribution is 6.32. The Hall–Kier alpha value is -2.20. The molecule has 1 heterocycles. The van der Waals surface area contributed by atoms with Gasteiger partial charge in [0.15, 0.2) is 11.3 Å². The second-order valence-corrected chi connectivity index (χ2v) is 4.47. The first kappa shape index (κ1) is 11.9. The Morgan fingerprint density at radius 2 is 2.05 bits per heavy atom. The maximum absolute atomic E-state index is 6.11. The summed E-state index contributed by atoms with van der Waals surface area (Å²) < 4.78 is 10.8. The van der Waals surface area contributed by atoms with E-state index in [0.29, 0.717) is 22.4 Å². The van der Waals surface area contributed by atoms with Crippen molar-refractivity contribution >= 4 is 28.4 Å². The number of aromatic nitrogens is 1. The van der Waals surface area contributed by atoms with Crippen LogP contribution in [-0.4, -0.2) is 12.1 Å². The van der Waals surface area contributed by atoms with Gasteiger partial charge < -0.3 is 14.9 Å². The summed E-state index contributed by atoms with van der Waals surface area (Å²) in [7, 11) is 1.52. The molecule has 3 aromatic rings. The van der Waals surface area contributed by atoms with Gasteiger partial charge in [-0.15, -0.1) is 0 Å². The molecule has 0 saturated carbocycles. The van der Waals surface area contributed by atoms with Gasteiger partial charge in [0.1, 0.15) is 5.52 Å². The maximum Gasteiger partial charge on any atom is 0.227 e. The molecule has 0 fully saturated rings. The maximum atomic E-state index is 6.11. The van der Waals surface area contributed by atoms with Crippen LogP contribution in [0.3, 0.4) is 0 Å². The number of methoxy groups -OCH3 is 1. The SMILES string of the molecule is COc1c(N)cc(-c2nc3ccccc3o2)cc1Cl. The van der Waals surface area contributed by atoms with Crippen LogP contribution in [0.2, 0.25) is 5.02 Å². The van der Waals surface area contributed by atoms with E-state index in [0.717, 1.165) is 16.7 Å². The molecule has 96 valence electrons. The molecule has 2 N–H and O–H groups in total. The molecule has 0 saturated heterocycles. The average molecular weight is 275 g/mol. The molecule has 3 rings (SSSR count). The number of rotatable bonds is 2. The zero-order valence-electron chi connectivity index (χ0n) is 10.2. The van der Waals surface area contributed by atoms with Crippen LogP contribution >= 0.6 is 11.6 Å². The molecule has 0 aliphatic rings. The number of benzene rings is 2. The van der Waals surface area contributed by atoms with Crippen LogP contribution in [-0.2, 0) is 0 Å². The predicted octanol–water partition coefficient (Wildman–Crippen LogP) is 3.74. The zero-order chi connectivity index (χ0) is 13.4. The molecule has 0 atom stereocenters. The molecule has 0 spiro atoms. The van der Waals surface area contributed by atoms with E-state index in [1.54, 1.807) is 12.1 Å². The molecule has 19 heavy (non-hydrogen) atoms. The van der Waals surface area contributed by atoms with Gasteiger partial charge in [0.25, 0.3) is 0 Å². The van der Waals surface area contributed by atoms with Crippen molar-refractivity contribution in [3.05, 3.63) is 41.4 Å².